The van der Waals surface area contributed by atoms with Crippen molar-refractivity contribution in [2.75, 3.05) is 0 Å². The van der Waals surface area contributed by atoms with Crippen molar-refractivity contribution in [1.29, 1.82) is 0 Å². The number of fused-ring (bicyclic) bond motifs is 12. The van der Waals surface area contributed by atoms with Crippen LogP contribution in [0.15, 0.2) is 218 Å². The van der Waals surface area contributed by atoms with Gasteiger partial charge in [-0.05, 0) is 71.7 Å². The van der Waals surface area contributed by atoms with E-state index in [0.717, 1.165) is 86.2 Å². The number of pyridine rings is 1. The highest BCUT2D eigenvalue weighted by Crippen LogP contribution is 2.47. The summed E-state index contributed by atoms with van der Waals surface area (Å²) in [7, 11) is 0. The lowest BCUT2D eigenvalue weighted by atomic mass is 9.92. The first-order valence-corrected chi connectivity index (χ1v) is 22.0. The van der Waals surface area contributed by atoms with Gasteiger partial charge in [0.1, 0.15) is 5.82 Å². The fraction of sp³-hybridized carbons (Fsp3) is 0. The highest BCUT2D eigenvalue weighted by Gasteiger charge is 2.25. The third-order valence-corrected chi connectivity index (χ3v) is 13.8. The predicted octanol–water partition coefficient (Wildman–Crippen LogP) is 16.1. The molecule has 5 heteroatoms. The summed E-state index contributed by atoms with van der Waals surface area (Å²) in [6.07, 6.45) is 0. The first kappa shape index (κ1) is 28.4. The zero-order chi connectivity index (χ0) is 48.8. The lowest BCUT2D eigenvalue weighted by Gasteiger charge is -2.21. The Kier molecular flexibility index (Phi) is 6.04. The minimum Gasteiger partial charge on any atom is -0.309 e. The summed E-state index contributed by atoms with van der Waals surface area (Å²) in [5.74, 6) is 0.485. The number of hydrogen-bond acceptors (Lipinski definition) is 2. The van der Waals surface area contributed by atoms with Crippen molar-refractivity contribution < 1.29 is 11.0 Å². The Morgan fingerprint density at radius 2 is 0.891 bits per heavy atom. The van der Waals surface area contributed by atoms with Crippen molar-refractivity contribution in [3.8, 4) is 39.6 Å². The summed E-state index contributed by atoms with van der Waals surface area (Å²) < 4.78 is 81.5. The van der Waals surface area contributed by atoms with Crippen LogP contribution in [0.2, 0.25) is 0 Å². The molecule has 0 bridgehead atoms. The van der Waals surface area contributed by atoms with E-state index in [0.29, 0.717) is 17.2 Å². The summed E-state index contributed by atoms with van der Waals surface area (Å²) in [5, 5.41) is 6.40. The molecular formula is C59H36N4S. The van der Waals surface area contributed by atoms with Crippen molar-refractivity contribution in [1.82, 2.24) is 18.7 Å². The second-order valence-corrected chi connectivity index (χ2v) is 17.2. The van der Waals surface area contributed by atoms with Crippen molar-refractivity contribution >= 4 is 96.9 Å². The normalized spacial score (nSPS) is 13.8. The average Bonchev–Trinajstić information content (AvgIpc) is 4.18. The number of aromatic nitrogens is 4. The molecule has 0 unspecified atom stereocenters. The summed E-state index contributed by atoms with van der Waals surface area (Å²) in [6, 6.07) is 54.4. The first-order valence-electron chi connectivity index (χ1n) is 25.1. The van der Waals surface area contributed by atoms with E-state index in [1.165, 1.54) is 0 Å². The topological polar surface area (TPSA) is 27.7 Å². The van der Waals surface area contributed by atoms with Gasteiger partial charge in [-0.3, -0.25) is 4.57 Å². The largest absolute Gasteiger partial charge is 0.309 e. The van der Waals surface area contributed by atoms with E-state index in [1.807, 2.05) is 48.5 Å². The maximum atomic E-state index is 9.53. The SMILES string of the molecule is [2H]c1c([2H])c([2H])c2c(c1[2H])c1c([2H])c([2H])c([2H])c([2H])c1n2-c1cc(-c2c(-c3cccc4sc5ccccc5c34)cccc2-n2c3ccccc3c3ccccc32)nc(-n2c3ccccc3c3ccccc32)c1. The molecule has 0 aliphatic heterocycles. The molecule has 4 nitrogen and oxygen atoms in total. The van der Waals surface area contributed by atoms with Crippen LogP contribution in [0.5, 0.6) is 0 Å². The average molecular weight is 841 g/mol. The van der Waals surface area contributed by atoms with Crippen LogP contribution in [-0.2, 0) is 0 Å². The predicted molar refractivity (Wildman–Crippen MR) is 271 cm³/mol. The van der Waals surface area contributed by atoms with Gasteiger partial charge in [0.2, 0.25) is 0 Å². The smallest absolute Gasteiger partial charge is 0.140 e. The van der Waals surface area contributed by atoms with Crippen LogP contribution in [0.4, 0.5) is 0 Å². The third kappa shape index (κ3) is 5.01. The number of rotatable bonds is 5. The summed E-state index contributed by atoms with van der Waals surface area (Å²) in [4.78, 5) is 5.74. The van der Waals surface area contributed by atoms with Crippen molar-refractivity contribution in [2.45, 2.75) is 0 Å². The molecule has 0 aliphatic rings. The van der Waals surface area contributed by atoms with Gasteiger partial charge in [0.15, 0.2) is 0 Å². The van der Waals surface area contributed by atoms with Crippen LogP contribution in [0, 0.1) is 0 Å². The molecule has 9 aromatic carbocycles. The Hall–Kier alpha value is -8.25. The van der Waals surface area contributed by atoms with E-state index in [1.54, 1.807) is 15.9 Å². The zero-order valence-electron chi connectivity index (χ0n) is 41.9. The highest BCUT2D eigenvalue weighted by atomic mass is 32.1. The van der Waals surface area contributed by atoms with Crippen molar-refractivity contribution in [3.63, 3.8) is 0 Å². The molecule has 298 valence electrons. The second-order valence-electron chi connectivity index (χ2n) is 16.1. The number of nitrogens with zero attached hydrogens (tertiary/aromatic N) is 4. The third-order valence-electron chi connectivity index (χ3n) is 12.7. The second kappa shape index (κ2) is 13.6. The van der Waals surface area contributed by atoms with Crippen molar-refractivity contribution in [2.24, 2.45) is 0 Å². The summed E-state index contributed by atoms with van der Waals surface area (Å²) in [5.41, 5.74) is 8.20. The number of thiophene rings is 1. The maximum Gasteiger partial charge on any atom is 0.140 e. The van der Waals surface area contributed by atoms with Gasteiger partial charge in [-0.1, -0.05) is 152 Å². The highest BCUT2D eigenvalue weighted by molar-refractivity contribution is 7.25. The molecular weight excluding hydrogens is 797 g/mol. The standard InChI is InChI=1S/C59H36N4S/c1-8-26-48-38(17-1)39-18-2-9-27-49(39)61(48)37-35-47(60-57(36-37)63-52-30-12-5-21-42(52)43-22-6-13-31-53(43)63)59-45(44-25-16-34-56-58(44)46-23-7-14-33-55(46)64-56)24-15-32-54(59)62-50-28-10-3-19-40(50)41-20-4-11-29-51(41)62/h1-36H/i1D,2D,8D,9D,17D,18D,26D,27D. The van der Waals surface area contributed by atoms with Crippen LogP contribution in [0.3, 0.4) is 0 Å². The van der Waals surface area contributed by atoms with E-state index in [2.05, 4.69) is 130 Å². The van der Waals surface area contributed by atoms with Gasteiger partial charge < -0.3 is 9.13 Å². The zero-order valence-corrected chi connectivity index (χ0v) is 34.7. The van der Waals surface area contributed by atoms with Gasteiger partial charge >= 0.3 is 0 Å². The summed E-state index contributed by atoms with van der Waals surface area (Å²) in [6.45, 7) is 0. The van der Waals surface area contributed by atoms with E-state index >= 15 is 0 Å². The minimum atomic E-state index is -0.500. The van der Waals surface area contributed by atoms with Crippen molar-refractivity contribution in [3.05, 3.63) is 218 Å². The van der Waals surface area contributed by atoms with Gasteiger partial charge in [0, 0.05) is 64.1 Å². The van der Waals surface area contributed by atoms with Gasteiger partial charge in [-0.2, -0.15) is 0 Å². The van der Waals surface area contributed by atoms with E-state index in [9.17, 15) is 5.48 Å². The molecule has 5 heterocycles. The fourth-order valence-electron chi connectivity index (χ4n) is 10.1. The fourth-order valence-corrected chi connectivity index (χ4v) is 11.3. The molecule has 14 rings (SSSR count). The van der Waals surface area contributed by atoms with Crippen LogP contribution >= 0.6 is 11.3 Å². The maximum absolute atomic E-state index is 9.53. The van der Waals surface area contributed by atoms with E-state index in [-0.39, 0.29) is 33.9 Å². The molecule has 5 aromatic heterocycles. The van der Waals surface area contributed by atoms with E-state index in [4.69, 9.17) is 10.5 Å². The molecule has 64 heavy (non-hydrogen) atoms. The van der Waals surface area contributed by atoms with Gasteiger partial charge in [0.25, 0.3) is 0 Å². The Balaban J connectivity index is 1.21. The quantitative estimate of drug-likeness (QED) is 0.170. The Morgan fingerprint density at radius 1 is 0.391 bits per heavy atom. The van der Waals surface area contributed by atoms with E-state index < -0.39 is 36.3 Å². The van der Waals surface area contributed by atoms with Gasteiger partial charge in [-0.25, -0.2) is 4.98 Å². The lowest BCUT2D eigenvalue weighted by molar-refractivity contribution is 1.06. The molecule has 0 aliphatic carbocycles. The van der Waals surface area contributed by atoms with Gasteiger partial charge in [-0.15, -0.1) is 11.3 Å². The molecule has 0 saturated heterocycles. The molecule has 0 saturated carbocycles. The molecule has 0 spiro atoms. The minimum absolute atomic E-state index is 0.00200. The monoisotopic (exact) mass is 840 g/mol. The molecule has 14 aromatic rings. The number of benzene rings is 9. The van der Waals surface area contributed by atoms with Gasteiger partial charge in [0.05, 0.1) is 61.1 Å². The molecule has 0 amide bonds. The Bertz CT molecular complexity index is 4510. The van der Waals surface area contributed by atoms with Crippen LogP contribution in [0.25, 0.3) is 125 Å². The molecule has 0 radical (unpaired) electrons. The Morgan fingerprint density at radius 3 is 1.52 bits per heavy atom. The lowest BCUT2D eigenvalue weighted by Crippen LogP contribution is -2.06. The number of hydrogen-bond donors (Lipinski definition) is 0. The Labute approximate surface area is 383 Å². The molecule has 0 atom stereocenters. The van der Waals surface area contributed by atoms with Crippen LogP contribution < -0.4 is 0 Å². The first-order chi connectivity index (χ1) is 35.1. The van der Waals surface area contributed by atoms with Crippen LogP contribution in [0.1, 0.15) is 11.0 Å². The number of para-hydroxylation sites is 6. The summed E-state index contributed by atoms with van der Waals surface area (Å²) >= 11 is 1.74. The van der Waals surface area contributed by atoms with Crippen LogP contribution in [-0.4, -0.2) is 18.7 Å². The molecule has 0 N–H and O–H groups in total. The molecule has 0 fully saturated rings.